The Morgan fingerprint density at radius 2 is 1.97 bits per heavy atom. The first kappa shape index (κ1) is 26.5. The minimum absolute atomic E-state index is 0.234. The number of hydrogen-bond donors (Lipinski definition) is 1. The molecule has 5 unspecified atom stereocenters. The SMILES string of the molecule is COCCOCOCCC1CC2CC3c4c(c5cc(O)ccc5n4C(=O)OCCC(C)C)CCN(C2)C13. The lowest BCUT2D eigenvalue weighted by atomic mass is 9.65. The Bertz CT molecular complexity index is 1080. The molecule has 8 heteroatoms. The van der Waals surface area contributed by atoms with Gasteiger partial charge >= 0.3 is 6.09 Å². The minimum atomic E-state index is -0.291. The third-order valence-electron chi connectivity index (χ3n) is 8.46. The van der Waals surface area contributed by atoms with Gasteiger partial charge in [0, 0.05) is 49.8 Å². The zero-order valence-corrected chi connectivity index (χ0v) is 22.5. The van der Waals surface area contributed by atoms with Crippen LogP contribution >= 0.6 is 0 Å². The topological polar surface area (TPSA) is 82.4 Å². The van der Waals surface area contributed by atoms with Crippen molar-refractivity contribution in [2.24, 2.45) is 17.8 Å². The zero-order chi connectivity index (χ0) is 25.9. The number of fused-ring (bicyclic) bond motifs is 4. The normalized spacial score (nSPS) is 26.4. The predicted molar refractivity (Wildman–Crippen MR) is 141 cm³/mol. The van der Waals surface area contributed by atoms with Crippen LogP contribution in [-0.4, -0.2) is 80.1 Å². The van der Waals surface area contributed by atoms with Crippen LogP contribution in [0.2, 0.25) is 0 Å². The van der Waals surface area contributed by atoms with E-state index in [2.05, 4.69) is 18.7 Å². The highest BCUT2D eigenvalue weighted by Crippen LogP contribution is 2.52. The van der Waals surface area contributed by atoms with Crippen molar-refractivity contribution in [2.45, 2.75) is 57.9 Å². The molecule has 1 aromatic heterocycles. The number of carbonyl (C=O) groups excluding carboxylic acids is 1. The van der Waals surface area contributed by atoms with E-state index in [9.17, 15) is 9.90 Å². The second-order valence-electron chi connectivity index (χ2n) is 11.4. The molecule has 4 aliphatic rings. The molecule has 0 spiro atoms. The van der Waals surface area contributed by atoms with E-state index in [0.717, 1.165) is 55.4 Å². The number of benzene rings is 1. The van der Waals surface area contributed by atoms with Crippen LogP contribution in [0.25, 0.3) is 10.9 Å². The molecule has 0 amide bonds. The van der Waals surface area contributed by atoms with Gasteiger partial charge in [-0.15, -0.1) is 0 Å². The molecule has 1 N–H and O–H groups in total. The van der Waals surface area contributed by atoms with Crippen molar-refractivity contribution in [3.05, 3.63) is 29.5 Å². The summed E-state index contributed by atoms with van der Waals surface area (Å²) in [7, 11) is 1.66. The summed E-state index contributed by atoms with van der Waals surface area (Å²) in [4.78, 5) is 16.2. The van der Waals surface area contributed by atoms with Crippen LogP contribution in [0.15, 0.2) is 18.2 Å². The standard InChI is InChI=1S/C29H42N2O6/c1-19(2)7-11-37-29(33)31-26-5-4-22(32)16-24(26)23-6-9-30-17-20-14-21(27(30)25(15-20)28(23)31)8-10-35-18-36-13-12-34-3/h4-5,16,19-21,25,27,32H,6-15,17-18H2,1-3H3. The molecule has 5 atom stereocenters. The first-order valence-corrected chi connectivity index (χ1v) is 13.9. The number of phenols is 1. The highest BCUT2D eigenvalue weighted by Gasteiger charge is 2.50. The van der Waals surface area contributed by atoms with Crippen molar-refractivity contribution < 1.29 is 28.8 Å². The van der Waals surface area contributed by atoms with Crippen molar-refractivity contribution in [3.63, 3.8) is 0 Å². The summed E-state index contributed by atoms with van der Waals surface area (Å²) in [5, 5.41) is 11.3. The maximum Gasteiger partial charge on any atom is 0.418 e. The maximum absolute atomic E-state index is 13.6. The van der Waals surface area contributed by atoms with E-state index in [1.807, 2.05) is 16.7 Å². The second kappa shape index (κ2) is 11.7. The maximum atomic E-state index is 13.6. The van der Waals surface area contributed by atoms with Crippen LogP contribution in [0.1, 0.15) is 56.7 Å². The number of hydrogen-bond acceptors (Lipinski definition) is 7. The highest BCUT2D eigenvalue weighted by molar-refractivity contribution is 5.95. The predicted octanol–water partition coefficient (Wildman–Crippen LogP) is 4.76. The van der Waals surface area contributed by atoms with Crippen molar-refractivity contribution in [1.29, 1.82) is 0 Å². The van der Waals surface area contributed by atoms with Crippen molar-refractivity contribution in [3.8, 4) is 5.75 Å². The largest absolute Gasteiger partial charge is 0.508 e. The molecule has 37 heavy (non-hydrogen) atoms. The Kier molecular flexibility index (Phi) is 8.39. The minimum Gasteiger partial charge on any atom is -0.508 e. The fourth-order valence-electron chi connectivity index (χ4n) is 6.92. The first-order valence-electron chi connectivity index (χ1n) is 13.9. The summed E-state index contributed by atoms with van der Waals surface area (Å²) in [5.41, 5.74) is 3.16. The average molecular weight is 515 g/mol. The lowest BCUT2D eigenvalue weighted by Gasteiger charge is -2.53. The Morgan fingerprint density at radius 3 is 2.78 bits per heavy atom. The van der Waals surface area contributed by atoms with Crippen molar-refractivity contribution >= 4 is 17.0 Å². The van der Waals surface area contributed by atoms with Crippen molar-refractivity contribution in [2.75, 3.05) is 53.4 Å². The van der Waals surface area contributed by atoms with Gasteiger partial charge in [-0.05, 0) is 73.6 Å². The quantitative estimate of drug-likeness (QED) is 0.342. The molecule has 0 radical (unpaired) electrons. The van der Waals surface area contributed by atoms with E-state index in [1.165, 1.54) is 12.0 Å². The summed E-state index contributed by atoms with van der Waals surface area (Å²) in [5.74, 6) is 2.09. The van der Waals surface area contributed by atoms with E-state index >= 15 is 0 Å². The molecule has 2 aromatic rings. The van der Waals surface area contributed by atoms with Crippen molar-refractivity contribution in [1.82, 2.24) is 9.47 Å². The van der Waals surface area contributed by atoms with E-state index in [0.29, 0.717) is 57.0 Å². The van der Waals surface area contributed by atoms with Gasteiger partial charge in [0.25, 0.3) is 0 Å². The summed E-state index contributed by atoms with van der Waals surface area (Å²) >= 11 is 0. The summed E-state index contributed by atoms with van der Waals surface area (Å²) in [6.45, 7) is 8.86. The molecule has 1 aliphatic carbocycles. The van der Waals surface area contributed by atoms with Crippen LogP contribution in [0.5, 0.6) is 5.75 Å². The number of nitrogens with zero attached hydrogens (tertiary/aromatic N) is 2. The van der Waals surface area contributed by atoms with Gasteiger partial charge in [-0.3, -0.25) is 4.90 Å². The number of methoxy groups -OCH3 is 1. The molecular weight excluding hydrogens is 472 g/mol. The smallest absolute Gasteiger partial charge is 0.418 e. The number of aromatic nitrogens is 1. The molecule has 1 saturated carbocycles. The molecule has 204 valence electrons. The number of rotatable bonds is 11. The van der Waals surface area contributed by atoms with Gasteiger partial charge in [-0.1, -0.05) is 13.8 Å². The molecular formula is C29H42N2O6. The fraction of sp³-hybridized carbons (Fsp3) is 0.690. The Hall–Kier alpha value is -2.13. The third-order valence-corrected chi connectivity index (χ3v) is 8.46. The monoisotopic (exact) mass is 514 g/mol. The number of piperidine rings is 2. The van der Waals surface area contributed by atoms with Gasteiger partial charge < -0.3 is 24.1 Å². The first-order chi connectivity index (χ1) is 18.0. The highest BCUT2D eigenvalue weighted by atomic mass is 16.7. The Labute approximate surface area is 219 Å². The lowest BCUT2D eigenvalue weighted by Crippen LogP contribution is -2.56. The van der Waals surface area contributed by atoms with E-state index in [1.54, 1.807) is 13.2 Å². The van der Waals surface area contributed by atoms with Crippen LogP contribution in [0, 0.1) is 17.8 Å². The number of aromatic hydroxyl groups is 1. The summed E-state index contributed by atoms with van der Waals surface area (Å²) in [6, 6.07) is 5.75. The Morgan fingerprint density at radius 1 is 1.14 bits per heavy atom. The summed E-state index contributed by atoms with van der Waals surface area (Å²) < 4.78 is 23.9. The van der Waals surface area contributed by atoms with Crippen LogP contribution in [-0.2, 0) is 25.4 Å². The van der Waals surface area contributed by atoms with Crippen LogP contribution < -0.4 is 0 Å². The van der Waals surface area contributed by atoms with Gasteiger partial charge in [0.2, 0.25) is 0 Å². The molecule has 1 aromatic carbocycles. The molecule has 6 rings (SSSR count). The van der Waals surface area contributed by atoms with Crippen LogP contribution in [0.4, 0.5) is 4.79 Å². The van der Waals surface area contributed by atoms with Crippen LogP contribution in [0.3, 0.4) is 0 Å². The molecule has 4 heterocycles. The number of ether oxygens (including phenoxy) is 4. The zero-order valence-electron chi connectivity index (χ0n) is 22.5. The van der Waals surface area contributed by atoms with E-state index in [-0.39, 0.29) is 17.8 Å². The summed E-state index contributed by atoms with van der Waals surface area (Å²) in [6.07, 6.45) is 4.70. The molecule has 2 saturated heterocycles. The second-order valence-corrected chi connectivity index (χ2v) is 11.4. The average Bonchev–Trinajstić information content (AvgIpc) is 3.14. The van der Waals surface area contributed by atoms with E-state index < -0.39 is 0 Å². The van der Waals surface area contributed by atoms with Gasteiger partial charge in [0.15, 0.2) is 0 Å². The molecule has 3 fully saturated rings. The number of phenolic OH excluding ortho intramolecular Hbond substituents is 1. The Balaban J connectivity index is 1.41. The van der Waals surface area contributed by atoms with Gasteiger partial charge in [-0.2, -0.15) is 0 Å². The third kappa shape index (κ3) is 5.53. The lowest BCUT2D eigenvalue weighted by molar-refractivity contribution is -0.0788. The molecule has 4 bridgehead atoms. The van der Waals surface area contributed by atoms with Gasteiger partial charge in [0.1, 0.15) is 12.5 Å². The molecule has 8 nitrogen and oxygen atoms in total. The van der Waals surface area contributed by atoms with E-state index in [4.69, 9.17) is 18.9 Å². The van der Waals surface area contributed by atoms with Gasteiger partial charge in [0.05, 0.1) is 25.3 Å². The number of carbonyl (C=O) groups is 1. The molecule has 3 aliphatic heterocycles. The van der Waals surface area contributed by atoms with Gasteiger partial charge in [-0.25, -0.2) is 9.36 Å². The fourth-order valence-corrected chi connectivity index (χ4v) is 6.92.